The van der Waals surface area contributed by atoms with Crippen LogP contribution in [0.25, 0.3) is 0 Å². The molecular formula is C17H27NO. The van der Waals surface area contributed by atoms with Gasteiger partial charge >= 0.3 is 0 Å². The van der Waals surface area contributed by atoms with Crippen molar-refractivity contribution < 1.29 is 4.79 Å². The quantitative estimate of drug-likeness (QED) is 0.806. The van der Waals surface area contributed by atoms with Crippen molar-refractivity contribution in [3.63, 3.8) is 0 Å². The smallest absolute Gasteiger partial charge is 0.226 e. The standard InChI is InChI=1S/C15H21NO.C2H6/c1-12-6-5-7-13(10-12)11-15(17)16(2)14-8-3-4-9-14;1-2/h5-7,10,14H,3-4,8-9,11H2,1-2H3;1-2H3. The van der Waals surface area contributed by atoms with Crippen molar-refractivity contribution in [3.8, 4) is 0 Å². The van der Waals surface area contributed by atoms with Crippen LogP contribution < -0.4 is 0 Å². The fourth-order valence-corrected chi connectivity index (χ4v) is 2.62. The molecule has 1 aliphatic rings. The molecule has 1 aromatic rings. The van der Waals surface area contributed by atoms with Crippen molar-refractivity contribution in [3.05, 3.63) is 35.4 Å². The van der Waals surface area contributed by atoms with Crippen molar-refractivity contribution in [1.29, 1.82) is 0 Å². The van der Waals surface area contributed by atoms with Crippen LogP contribution in [0.15, 0.2) is 24.3 Å². The van der Waals surface area contributed by atoms with Gasteiger partial charge in [-0.25, -0.2) is 0 Å². The number of amides is 1. The van der Waals surface area contributed by atoms with Crippen molar-refractivity contribution in [2.75, 3.05) is 7.05 Å². The molecule has 0 aliphatic heterocycles. The van der Waals surface area contributed by atoms with Gasteiger partial charge in [0, 0.05) is 13.1 Å². The molecule has 0 unspecified atom stereocenters. The minimum atomic E-state index is 0.252. The first kappa shape index (κ1) is 15.7. The minimum absolute atomic E-state index is 0.252. The molecule has 0 aromatic heterocycles. The zero-order valence-corrected chi connectivity index (χ0v) is 12.8. The summed E-state index contributed by atoms with van der Waals surface area (Å²) in [7, 11) is 1.95. The van der Waals surface area contributed by atoms with E-state index in [9.17, 15) is 4.79 Å². The average molecular weight is 261 g/mol. The maximum absolute atomic E-state index is 12.1. The number of hydrogen-bond donors (Lipinski definition) is 0. The average Bonchev–Trinajstić information content (AvgIpc) is 2.94. The van der Waals surface area contributed by atoms with E-state index in [1.54, 1.807) is 0 Å². The van der Waals surface area contributed by atoms with E-state index in [0.29, 0.717) is 12.5 Å². The lowest BCUT2D eigenvalue weighted by Crippen LogP contribution is -2.36. The Morgan fingerprint density at radius 1 is 1.26 bits per heavy atom. The summed E-state index contributed by atoms with van der Waals surface area (Å²) >= 11 is 0. The molecule has 0 bridgehead atoms. The zero-order valence-electron chi connectivity index (χ0n) is 12.8. The van der Waals surface area contributed by atoms with E-state index in [4.69, 9.17) is 0 Å². The number of carbonyl (C=O) groups excluding carboxylic acids is 1. The Bertz CT molecular complexity index is 394. The summed E-state index contributed by atoms with van der Waals surface area (Å²) in [5.41, 5.74) is 2.35. The Labute approximate surface area is 117 Å². The molecule has 2 nitrogen and oxygen atoms in total. The molecule has 1 aromatic carbocycles. The second-order valence-electron chi connectivity index (χ2n) is 5.11. The Balaban J connectivity index is 0.000000861. The number of rotatable bonds is 3. The summed E-state index contributed by atoms with van der Waals surface area (Å²) < 4.78 is 0. The van der Waals surface area contributed by atoms with Gasteiger partial charge in [-0.05, 0) is 25.3 Å². The second kappa shape index (κ2) is 7.98. The van der Waals surface area contributed by atoms with Crippen molar-refractivity contribution in [1.82, 2.24) is 4.90 Å². The van der Waals surface area contributed by atoms with Crippen molar-refractivity contribution in [2.45, 2.75) is 58.9 Å². The summed E-state index contributed by atoms with van der Waals surface area (Å²) in [6.45, 7) is 6.06. The van der Waals surface area contributed by atoms with Gasteiger partial charge in [0.25, 0.3) is 0 Å². The molecular weight excluding hydrogens is 234 g/mol. The van der Waals surface area contributed by atoms with Gasteiger partial charge < -0.3 is 4.90 Å². The Morgan fingerprint density at radius 2 is 1.89 bits per heavy atom. The zero-order chi connectivity index (χ0) is 14.3. The molecule has 2 heteroatoms. The van der Waals surface area contributed by atoms with Gasteiger partial charge in [0.1, 0.15) is 0 Å². The summed E-state index contributed by atoms with van der Waals surface area (Å²) in [4.78, 5) is 14.1. The fourth-order valence-electron chi connectivity index (χ4n) is 2.62. The first-order chi connectivity index (χ1) is 9.16. The van der Waals surface area contributed by atoms with Crippen LogP contribution in [0.3, 0.4) is 0 Å². The highest BCUT2D eigenvalue weighted by Gasteiger charge is 2.23. The highest BCUT2D eigenvalue weighted by atomic mass is 16.2. The molecule has 0 radical (unpaired) electrons. The monoisotopic (exact) mass is 261 g/mol. The molecule has 19 heavy (non-hydrogen) atoms. The molecule has 1 amide bonds. The number of nitrogens with zero attached hydrogens (tertiary/aromatic N) is 1. The van der Waals surface area contributed by atoms with E-state index in [1.165, 1.54) is 31.2 Å². The van der Waals surface area contributed by atoms with Crippen molar-refractivity contribution >= 4 is 5.91 Å². The number of aryl methyl sites for hydroxylation is 1. The fraction of sp³-hybridized carbons (Fsp3) is 0.588. The highest BCUT2D eigenvalue weighted by Crippen LogP contribution is 2.22. The maximum Gasteiger partial charge on any atom is 0.226 e. The number of benzene rings is 1. The van der Waals surface area contributed by atoms with Gasteiger partial charge in [0.05, 0.1) is 6.42 Å². The van der Waals surface area contributed by atoms with E-state index in [0.717, 1.165) is 5.56 Å². The van der Waals surface area contributed by atoms with Gasteiger partial charge in [-0.2, -0.15) is 0 Å². The third-order valence-electron chi connectivity index (χ3n) is 3.70. The van der Waals surface area contributed by atoms with Crippen molar-refractivity contribution in [2.24, 2.45) is 0 Å². The molecule has 0 atom stereocenters. The topological polar surface area (TPSA) is 20.3 Å². The van der Waals surface area contributed by atoms with E-state index >= 15 is 0 Å². The van der Waals surface area contributed by atoms with E-state index in [2.05, 4.69) is 19.1 Å². The van der Waals surface area contributed by atoms with Gasteiger partial charge in [-0.15, -0.1) is 0 Å². The number of hydrogen-bond acceptors (Lipinski definition) is 1. The molecule has 0 N–H and O–H groups in total. The predicted molar refractivity (Wildman–Crippen MR) is 81.3 cm³/mol. The van der Waals surface area contributed by atoms with E-state index in [1.807, 2.05) is 37.9 Å². The summed E-state index contributed by atoms with van der Waals surface area (Å²) in [6, 6.07) is 8.70. The molecule has 1 fully saturated rings. The Hall–Kier alpha value is -1.31. The lowest BCUT2D eigenvalue weighted by molar-refractivity contribution is -0.131. The van der Waals surface area contributed by atoms with E-state index < -0.39 is 0 Å². The molecule has 0 heterocycles. The molecule has 0 saturated heterocycles. The largest absolute Gasteiger partial charge is 0.342 e. The normalized spacial score (nSPS) is 14.7. The lowest BCUT2D eigenvalue weighted by Gasteiger charge is -2.24. The summed E-state index contributed by atoms with van der Waals surface area (Å²) in [5, 5.41) is 0. The van der Waals surface area contributed by atoms with E-state index in [-0.39, 0.29) is 5.91 Å². The molecule has 106 valence electrons. The number of likely N-dealkylation sites (N-methyl/N-ethyl adjacent to an activating group) is 1. The second-order valence-corrected chi connectivity index (χ2v) is 5.11. The first-order valence-corrected chi connectivity index (χ1v) is 7.48. The van der Waals surface area contributed by atoms with Crippen LogP contribution in [0.2, 0.25) is 0 Å². The molecule has 0 spiro atoms. The van der Waals surface area contributed by atoms with Gasteiger partial charge in [-0.1, -0.05) is 56.5 Å². The third kappa shape index (κ3) is 4.70. The lowest BCUT2D eigenvalue weighted by atomic mass is 10.1. The van der Waals surface area contributed by atoms with Gasteiger partial charge in [0.15, 0.2) is 0 Å². The SMILES string of the molecule is CC.Cc1cccc(CC(=O)N(C)C2CCCC2)c1. The predicted octanol–water partition coefficient (Wildman–Crippen LogP) is 3.96. The van der Waals surface area contributed by atoms with Crippen LogP contribution in [0.5, 0.6) is 0 Å². The maximum atomic E-state index is 12.1. The highest BCUT2D eigenvalue weighted by molar-refractivity contribution is 5.78. The Morgan fingerprint density at radius 3 is 2.47 bits per heavy atom. The Kier molecular flexibility index (Phi) is 6.61. The number of carbonyl (C=O) groups is 1. The van der Waals surface area contributed by atoms with Crippen LogP contribution in [0.1, 0.15) is 50.7 Å². The summed E-state index contributed by atoms with van der Waals surface area (Å²) in [5.74, 6) is 0.252. The molecule has 2 rings (SSSR count). The van der Waals surface area contributed by atoms with Crippen LogP contribution in [0, 0.1) is 6.92 Å². The molecule has 1 aliphatic carbocycles. The summed E-state index contributed by atoms with van der Waals surface area (Å²) in [6.07, 6.45) is 5.43. The van der Waals surface area contributed by atoms with Gasteiger partial charge in [0.2, 0.25) is 5.91 Å². The van der Waals surface area contributed by atoms with Gasteiger partial charge in [-0.3, -0.25) is 4.79 Å². The minimum Gasteiger partial charge on any atom is -0.342 e. The van der Waals surface area contributed by atoms with Crippen LogP contribution in [-0.4, -0.2) is 23.9 Å². The molecule has 1 saturated carbocycles. The third-order valence-corrected chi connectivity index (χ3v) is 3.70. The first-order valence-electron chi connectivity index (χ1n) is 7.48. The van der Waals surface area contributed by atoms with Crippen LogP contribution in [-0.2, 0) is 11.2 Å². The van der Waals surface area contributed by atoms with Crippen LogP contribution >= 0.6 is 0 Å². The van der Waals surface area contributed by atoms with Crippen LogP contribution in [0.4, 0.5) is 0 Å².